The summed E-state index contributed by atoms with van der Waals surface area (Å²) in [5.41, 5.74) is 1.43. The first-order chi connectivity index (χ1) is 17.2. The molecule has 7 nitrogen and oxygen atoms in total. The fourth-order valence-corrected chi connectivity index (χ4v) is 5.15. The lowest BCUT2D eigenvalue weighted by Crippen LogP contribution is -2.52. The minimum Gasteiger partial charge on any atom is -0.340 e. The number of likely N-dealkylation sites (N-methyl/N-ethyl adjacent to an activating group) is 1. The van der Waals surface area contributed by atoms with Crippen molar-refractivity contribution in [1.82, 2.24) is 9.97 Å². The average molecular weight is 493 g/mol. The van der Waals surface area contributed by atoms with E-state index in [2.05, 4.69) is 4.98 Å². The molecular weight excluding hydrogens is 471 g/mol. The molecule has 2 unspecified atom stereocenters. The third-order valence-corrected chi connectivity index (χ3v) is 7.12. The lowest BCUT2D eigenvalue weighted by Gasteiger charge is -2.39. The van der Waals surface area contributed by atoms with Crippen molar-refractivity contribution < 1.29 is 22.8 Å². The second-order valence-corrected chi connectivity index (χ2v) is 9.38. The highest BCUT2D eigenvalue weighted by atomic mass is 19.4. The van der Waals surface area contributed by atoms with E-state index in [0.29, 0.717) is 28.2 Å². The summed E-state index contributed by atoms with van der Waals surface area (Å²) in [7, 11) is 1.67. The third kappa shape index (κ3) is 3.35. The van der Waals surface area contributed by atoms with Crippen molar-refractivity contribution in [3.8, 4) is 0 Å². The van der Waals surface area contributed by atoms with Gasteiger partial charge in [0.05, 0.1) is 17.8 Å². The number of carbonyl (C=O) groups excluding carboxylic acids is 2. The molecule has 1 saturated carbocycles. The van der Waals surface area contributed by atoms with Crippen LogP contribution >= 0.6 is 0 Å². The van der Waals surface area contributed by atoms with Crippen LogP contribution in [0.25, 0.3) is 0 Å². The van der Waals surface area contributed by atoms with Crippen molar-refractivity contribution in [1.29, 1.82) is 0 Å². The number of fused-ring (bicyclic) bond motifs is 2. The molecule has 184 valence electrons. The Bertz CT molecular complexity index is 1390. The van der Waals surface area contributed by atoms with Gasteiger partial charge in [0.25, 0.3) is 5.91 Å². The number of hydrogen-bond donors (Lipinski definition) is 0. The molecule has 3 aliphatic rings. The Morgan fingerprint density at radius 3 is 2.36 bits per heavy atom. The minimum absolute atomic E-state index is 0.0574. The molecule has 10 heteroatoms. The van der Waals surface area contributed by atoms with E-state index in [1.54, 1.807) is 31.3 Å². The van der Waals surface area contributed by atoms with Crippen LogP contribution < -0.4 is 14.7 Å². The number of alkyl halides is 3. The van der Waals surface area contributed by atoms with Crippen LogP contribution in [0.2, 0.25) is 0 Å². The van der Waals surface area contributed by atoms with E-state index in [4.69, 9.17) is 4.98 Å². The predicted molar refractivity (Wildman–Crippen MR) is 127 cm³/mol. The molecule has 2 amide bonds. The van der Waals surface area contributed by atoms with Gasteiger partial charge < -0.3 is 9.80 Å². The van der Waals surface area contributed by atoms with E-state index in [1.165, 1.54) is 28.1 Å². The number of anilines is 3. The van der Waals surface area contributed by atoms with Crippen molar-refractivity contribution in [3.63, 3.8) is 0 Å². The molecule has 36 heavy (non-hydrogen) atoms. The fraction of sp³-hybridized carbons (Fsp3) is 0.308. The first-order valence-electron chi connectivity index (χ1n) is 11.7. The van der Waals surface area contributed by atoms with E-state index in [0.717, 1.165) is 25.0 Å². The van der Waals surface area contributed by atoms with Crippen molar-refractivity contribution in [2.24, 2.45) is 0 Å². The topological polar surface area (TPSA) is 69.6 Å². The standard InChI is InChI=1S/C26H22F3N5O2/c1-14-23(35)32(2)20-13-30-25(31-22(20)33(14)17-11-12-17)34-21(18-5-3-4-6-19(18)24(34)36)15-7-9-16(10-8-15)26(27,28)29/h3-10,13-14,17,21H,11-12H2,1-2H3. The van der Waals surface area contributed by atoms with Gasteiger partial charge in [-0.1, -0.05) is 30.3 Å². The average Bonchev–Trinajstić information content (AvgIpc) is 3.65. The first-order valence-corrected chi connectivity index (χ1v) is 11.7. The highest BCUT2D eigenvalue weighted by Gasteiger charge is 2.45. The molecule has 6 rings (SSSR count). The monoisotopic (exact) mass is 493 g/mol. The number of hydrogen-bond acceptors (Lipinski definition) is 5. The smallest absolute Gasteiger partial charge is 0.340 e. The third-order valence-electron chi connectivity index (χ3n) is 7.12. The highest BCUT2D eigenvalue weighted by molar-refractivity contribution is 6.11. The van der Waals surface area contributed by atoms with Gasteiger partial charge in [-0.2, -0.15) is 18.2 Å². The van der Waals surface area contributed by atoms with Gasteiger partial charge in [0, 0.05) is 18.7 Å². The van der Waals surface area contributed by atoms with Crippen LogP contribution in [0.3, 0.4) is 0 Å². The maximum Gasteiger partial charge on any atom is 0.416 e. The molecule has 1 fully saturated rings. The van der Waals surface area contributed by atoms with Crippen LogP contribution in [0.15, 0.2) is 54.7 Å². The van der Waals surface area contributed by atoms with Gasteiger partial charge >= 0.3 is 6.18 Å². The zero-order valence-electron chi connectivity index (χ0n) is 19.5. The highest BCUT2D eigenvalue weighted by Crippen LogP contribution is 2.45. The van der Waals surface area contributed by atoms with E-state index in [-0.39, 0.29) is 23.8 Å². The van der Waals surface area contributed by atoms with Crippen LogP contribution in [-0.2, 0) is 11.0 Å². The van der Waals surface area contributed by atoms with E-state index in [9.17, 15) is 22.8 Å². The molecule has 0 bridgehead atoms. The van der Waals surface area contributed by atoms with Gasteiger partial charge in [0.15, 0.2) is 5.82 Å². The molecule has 2 aromatic carbocycles. The molecule has 3 heterocycles. The second-order valence-electron chi connectivity index (χ2n) is 9.38. The quantitative estimate of drug-likeness (QED) is 0.534. The van der Waals surface area contributed by atoms with Crippen LogP contribution in [0.4, 0.5) is 30.6 Å². The number of benzene rings is 2. The Morgan fingerprint density at radius 2 is 1.69 bits per heavy atom. The summed E-state index contributed by atoms with van der Waals surface area (Å²) in [6.45, 7) is 1.84. The zero-order valence-corrected chi connectivity index (χ0v) is 19.5. The number of rotatable bonds is 3. The van der Waals surface area contributed by atoms with Crippen molar-refractivity contribution in [2.75, 3.05) is 21.7 Å². The number of aromatic nitrogens is 2. The summed E-state index contributed by atoms with van der Waals surface area (Å²) in [5.74, 6) is 0.326. The largest absolute Gasteiger partial charge is 0.416 e. The van der Waals surface area contributed by atoms with E-state index in [1.807, 2.05) is 11.8 Å². The Hall–Kier alpha value is -3.95. The van der Waals surface area contributed by atoms with Crippen molar-refractivity contribution >= 4 is 29.3 Å². The van der Waals surface area contributed by atoms with Crippen LogP contribution in [0, 0.1) is 0 Å². The predicted octanol–water partition coefficient (Wildman–Crippen LogP) is 4.58. The van der Waals surface area contributed by atoms with Gasteiger partial charge in [-0.05, 0) is 49.1 Å². The van der Waals surface area contributed by atoms with Gasteiger partial charge in [-0.3, -0.25) is 14.5 Å². The van der Waals surface area contributed by atoms with Crippen LogP contribution in [0.1, 0.15) is 52.9 Å². The van der Waals surface area contributed by atoms with E-state index >= 15 is 0 Å². The lowest BCUT2D eigenvalue weighted by atomic mass is 9.97. The van der Waals surface area contributed by atoms with Gasteiger partial charge in [0.2, 0.25) is 11.9 Å². The molecule has 0 spiro atoms. The fourth-order valence-electron chi connectivity index (χ4n) is 5.15. The maximum absolute atomic E-state index is 13.6. The molecule has 1 aliphatic carbocycles. The Morgan fingerprint density at radius 1 is 1.00 bits per heavy atom. The number of carbonyl (C=O) groups is 2. The molecule has 0 N–H and O–H groups in total. The molecular formula is C26H22F3N5O2. The Kier molecular flexibility index (Phi) is 4.86. The van der Waals surface area contributed by atoms with Gasteiger partial charge in [0.1, 0.15) is 11.7 Å². The van der Waals surface area contributed by atoms with E-state index < -0.39 is 23.8 Å². The molecule has 1 aromatic heterocycles. The van der Waals surface area contributed by atoms with Crippen LogP contribution in [0.5, 0.6) is 0 Å². The minimum atomic E-state index is -4.46. The van der Waals surface area contributed by atoms with Gasteiger partial charge in [-0.15, -0.1) is 0 Å². The molecule has 2 atom stereocenters. The first kappa shape index (κ1) is 22.5. The van der Waals surface area contributed by atoms with Crippen molar-refractivity contribution in [3.05, 3.63) is 77.0 Å². The number of halogens is 3. The SMILES string of the molecule is CC1C(=O)N(C)c2cnc(N3C(=O)c4ccccc4C3c3ccc(C(F)(F)F)cc3)nc2N1C1CC1. The summed E-state index contributed by atoms with van der Waals surface area (Å²) in [6, 6.07) is 10.9. The molecule has 0 saturated heterocycles. The summed E-state index contributed by atoms with van der Waals surface area (Å²) in [6.07, 6.45) is -1.03. The van der Waals surface area contributed by atoms with Crippen LogP contribution in [-0.4, -0.2) is 40.9 Å². The normalized spacial score (nSPS) is 21.6. The number of amides is 2. The van der Waals surface area contributed by atoms with Crippen molar-refractivity contribution in [2.45, 2.75) is 44.1 Å². The summed E-state index contributed by atoms with van der Waals surface area (Å²) in [4.78, 5) is 40.6. The molecule has 0 radical (unpaired) electrons. The second kappa shape index (κ2) is 7.78. The summed E-state index contributed by atoms with van der Waals surface area (Å²) in [5, 5.41) is 0. The maximum atomic E-state index is 13.6. The number of nitrogens with zero attached hydrogens (tertiary/aromatic N) is 5. The molecule has 2 aliphatic heterocycles. The summed E-state index contributed by atoms with van der Waals surface area (Å²) >= 11 is 0. The van der Waals surface area contributed by atoms with Gasteiger partial charge in [-0.25, -0.2) is 4.98 Å². The summed E-state index contributed by atoms with van der Waals surface area (Å²) < 4.78 is 39.5. The lowest BCUT2D eigenvalue weighted by molar-refractivity contribution is -0.137. The Balaban J connectivity index is 1.48. The Labute approximate surface area is 205 Å². The molecule has 3 aromatic rings. The zero-order chi connectivity index (χ0) is 25.4.